The van der Waals surface area contributed by atoms with Crippen molar-refractivity contribution in [1.29, 1.82) is 0 Å². The molecule has 4 heterocycles. The zero-order valence-electron chi connectivity index (χ0n) is 18.4. The number of rotatable bonds is 4. The lowest BCUT2D eigenvalue weighted by atomic mass is 10.1. The number of benzene rings is 1. The van der Waals surface area contributed by atoms with Crippen molar-refractivity contribution in [3.05, 3.63) is 53.9 Å². The maximum atomic E-state index is 12.2. The topological polar surface area (TPSA) is 95.1 Å². The first-order valence-corrected chi connectivity index (χ1v) is 11.0. The van der Waals surface area contributed by atoms with Gasteiger partial charge in [-0.1, -0.05) is 18.2 Å². The molecule has 2 aliphatic rings. The van der Waals surface area contributed by atoms with Gasteiger partial charge in [-0.3, -0.25) is 4.79 Å². The molecule has 0 aliphatic carbocycles. The van der Waals surface area contributed by atoms with Crippen molar-refractivity contribution in [3.8, 4) is 11.3 Å². The molecule has 0 radical (unpaired) electrons. The summed E-state index contributed by atoms with van der Waals surface area (Å²) in [6.45, 7) is 4.19. The lowest BCUT2D eigenvalue weighted by molar-refractivity contribution is -0.115. The Morgan fingerprint density at radius 1 is 1.09 bits per heavy atom. The largest absolute Gasteiger partial charge is 0.367 e. The Bertz CT molecular complexity index is 1150. The number of aromatic nitrogens is 3. The normalized spacial score (nSPS) is 16.5. The Hall–Kier alpha value is -3.52. The summed E-state index contributed by atoms with van der Waals surface area (Å²) in [6, 6.07) is 12.2. The first-order chi connectivity index (χ1) is 15.5. The van der Waals surface area contributed by atoms with Gasteiger partial charge in [0, 0.05) is 23.4 Å². The quantitative estimate of drug-likeness (QED) is 0.583. The Morgan fingerprint density at radius 3 is 2.72 bits per heavy atom. The van der Waals surface area contributed by atoms with E-state index >= 15 is 0 Å². The molecular weight excluding hydrogens is 402 g/mol. The molecule has 8 nitrogen and oxygen atoms in total. The Morgan fingerprint density at radius 2 is 1.91 bits per heavy atom. The molecule has 8 heteroatoms. The molecule has 32 heavy (non-hydrogen) atoms. The number of carbonyl (C=O) groups is 1. The highest BCUT2D eigenvalue weighted by molar-refractivity contribution is 5.99. The fourth-order valence-corrected chi connectivity index (χ4v) is 4.25. The van der Waals surface area contributed by atoms with Crippen LogP contribution in [0.1, 0.15) is 24.1 Å². The monoisotopic (exact) mass is 429 g/mol. The van der Waals surface area contributed by atoms with Crippen molar-refractivity contribution in [2.45, 2.75) is 32.2 Å². The van der Waals surface area contributed by atoms with Crippen molar-refractivity contribution in [2.75, 3.05) is 36.1 Å². The summed E-state index contributed by atoms with van der Waals surface area (Å²) in [5.74, 6) is 1.31. The van der Waals surface area contributed by atoms with Crippen molar-refractivity contribution >= 4 is 29.0 Å². The zero-order valence-corrected chi connectivity index (χ0v) is 18.4. The van der Waals surface area contributed by atoms with Crippen molar-refractivity contribution in [3.63, 3.8) is 0 Å². The molecular formula is C24H27N7O. The summed E-state index contributed by atoms with van der Waals surface area (Å²) in [4.78, 5) is 28.5. The third kappa shape index (κ3) is 4.27. The second kappa shape index (κ2) is 8.55. The number of amides is 1. The van der Waals surface area contributed by atoms with E-state index in [-0.39, 0.29) is 12.3 Å². The number of para-hydroxylation sites is 1. The first-order valence-electron chi connectivity index (χ1n) is 11.0. The van der Waals surface area contributed by atoms with Crippen LogP contribution in [0.15, 0.2) is 42.6 Å². The van der Waals surface area contributed by atoms with Crippen LogP contribution in [0.3, 0.4) is 0 Å². The van der Waals surface area contributed by atoms with Gasteiger partial charge in [0.1, 0.15) is 5.82 Å². The summed E-state index contributed by atoms with van der Waals surface area (Å²) in [7, 11) is 2.16. The van der Waals surface area contributed by atoms with Crippen LogP contribution in [0.2, 0.25) is 0 Å². The Labute approximate surface area is 187 Å². The SMILES string of the molecule is Cc1nc(NC2CCN(C)CC2)ccc1Nc1ncc2c(n1)-c1ccccc1NC(=O)C2. The molecule has 2 aromatic heterocycles. The van der Waals surface area contributed by atoms with Crippen LogP contribution in [0.5, 0.6) is 0 Å². The maximum absolute atomic E-state index is 12.2. The maximum Gasteiger partial charge on any atom is 0.228 e. The number of nitrogens with one attached hydrogen (secondary N) is 3. The molecule has 3 N–H and O–H groups in total. The fraction of sp³-hybridized carbons (Fsp3) is 0.333. The van der Waals surface area contributed by atoms with Gasteiger partial charge in [-0.05, 0) is 58.1 Å². The van der Waals surface area contributed by atoms with Crippen molar-refractivity contribution < 1.29 is 4.79 Å². The van der Waals surface area contributed by atoms with Gasteiger partial charge in [0.2, 0.25) is 11.9 Å². The van der Waals surface area contributed by atoms with E-state index in [1.54, 1.807) is 6.20 Å². The average Bonchev–Trinajstić information content (AvgIpc) is 2.92. The number of hydrogen-bond acceptors (Lipinski definition) is 7. The lowest BCUT2D eigenvalue weighted by Gasteiger charge is -2.29. The van der Waals surface area contributed by atoms with Gasteiger partial charge in [-0.2, -0.15) is 0 Å². The number of likely N-dealkylation sites (tertiary alicyclic amines) is 1. The van der Waals surface area contributed by atoms with Crippen LogP contribution in [0, 0.1) is 6.92 Å². The summed E-state index contributed by atoms with van der Waals surface area (Å²) in [6.07, 6.45) is 4.23. The van der Waals surface area contributed by atoms with Gasteiger partial charge in [0.25, 0.3) is 0 Å². The molecule has 164 valence electrons. The van der Waals surface area contributed by atoms with Crippen LogP contribution in [0.4, 0.5) is 23.1 Å². The van der Waals surface area contributed by atoms with E-state index in [1.807, 2.05) is 43.3 Å². The second-order valence-electron chi connectivity index (χ2n) is 8.51. The van der Waals surface area contributed by atoms with Gasteiger partial charge in [0.05, 0.1) is 29.2 Å². The number of pyridine rings is 1. The van der Waals surface area contributed by atoms with E-state index in [1.165, 1.54) is 0 Å². The van der Waals surface area contributed by atoms with Crippen LogP contribution < -0.4 is 16.0 Å². The molecule has 0 atom stereocenters. The summed E-state index contributed by atoms with van der Waals surface area (Å²) in [5.41, 5.74) is 4.97. The molecule has 5 rings (SSSR count). The van der Waals surface area contributed by atoms with E-state index in [4.69, 9.17) is 9.97 Å². The number of aryl methyl sites for hydroxylation is 1. The number of nitrogens with zero attached hydrogens (tertiary/aromatic N) is 4. The van der Waals surface area contributed by atoms with Gasteiger partial charge in [-0.25, -0.2) is 15.0 Å². The highest BCUT2D eigenvalue weighted by atomic mass is 16.1. The highest BCUT2D eigenvalue weighted by Gasteiger charge is 2.21. The lowest BCUT2D eigenvalue weighted by Crippen LogP contribution is -2.36. The van der Waals surface area contributed by atoms with E-state index in [9.17, 15) is 4.79 Å². The number of piperidine rings is 1. The van der Waals surface area contributed by atoms with E-state index in [0.717, 1.165) is 65.6 Å². The molecule has 1 fully saturated rings. The van der Waals surface area contributed by atoms with Gasteiger partial charge >= 0.3 is 0 Å². The Kier molecular flexibility index (Phi) is 5.45. The fourth-order valence-electron chi connectivity index (χ4n) is 4.25. The summed E-state index contributed by atoms with van der Waals surface area (Å²) < 4.78 is 0. The predicted molar refractivity (Wildman–Crippen MR) is 126 cm³/mol. The number of hydrogen-bond donors (Lipinski definition) is 3. The van der Waals surface area contributed by atoms with Crippen molar-refractivity contribution in [1.82, 2.24) is 19.9 Å². The minimum Gasteiger partial charge on any atom is -0.367 e. The van der Waals surface area contributed by atoms with Crippen LogP contribution in [-0.4, -0.2) is 51.9 Å². The zero-order chi connectivity index (χ0) is 22.1. The second-order valence-corrected chi connectivity index (χ2v) is 8.51. The van der Waals surface area contributed by atoms with Crippen molar-refractivity contribution in [2.24, 2.45) is 0 Å². The van der Waals surface area contributed by atoms with E-state index in [0.29, 0.717) is 12.0 Å². The summed E-state index contributed by atoms with van der Waals surface area (Å²) in [5, 5.41) is 9.80. The minimum atomic E-state index is -0.0618. The molecule has 0 saturated carbocycles. The number of anilines is 4. The number of carbonyl (C=O) groups excluding carboxylic acids is 1. The highest BCUT2D eigenvalue weighted by Crippen LogP contribution is 2.33. The van der Waals surface area contributed by atoms with Gasteiger partial charge in [0.15, 0.2) is 0 Å². The smallest absolute Gasteiger partial charge is 0.228 e. The van der Waals surface area contributed by atoms with Crippen LogP contribution >= 0.6 is 0 Å². The molecule has 1 amide bonds. The molecule has 0 unspecified atom stereocenters. The molecule has 1 saturated heterocycles. The predicted octanol–water partition coefficient (Wildman–Crippen LogP) is 3.59. The average molecular weight is 430 g/mol. The molecule has 3 aromatic rings. The minimum absolute atomic E-state index is 0.0618. The van der Waals surface area contributed by atoms with Crippen LogP contribution in [0.25, 0.3) is 11.3 Å². The van der Waals surface area contributed by atoms with Gasteiger partial charge < -0.3 is 20.9 Å². The van der Waals surface area contributed by atoms with Crippen LogP contribution in [-0.2, 0) is 11.2 Å². The standard InChI is InChI=1S/C24H27N7O/c1-15-19(7-8-21(26-15)27-17-9-11-31(2)12-10-17)29-24-25-14-16-13-22(32)28-20-6-4-3-5-18(20)23(16)30-24/h3-8,14,17H,9-13H2,1-2H3,(H,26,27)(H,28,32)(H,25,29,30). The van der Waals surface area contributed by atoms with E-state index < -0.39 is 0 Å². The summed E-state index contributed by atoms with van der Waals surface area (Å²) >= 11 is 0. The van der Waals surface area contributed by atoms with E-state index in [2.05, 4.69) is 32.9 Å². The first kappa shape index (κ1) is 20.4. The Balaban J connectivity index is 1.36. The molecule has 2 aliphatic heterocycles. The third-order valence-electron chi connectivity index (χ3n) is 6.07. The third-order valence-corrected chi connectivity index (χ3v) is 6.07. The molecule has 0 spiro atoms. The molecule has 0 bridgehead atoms. The van der Waals surface area contributed by atoms with Gasteiger partial charge in [-0.15, -0.1) is 0 Å². The molecule has 1 aromatic carbocycles. The number of fused-ring (bicyclic) bond motifs is 3.